The first-order valence-electron chi connectivity index (χ1n) is 8.18. The lowest BCUT2D eigenvalue weighted by atomic mass is 9.98. The van der Waals surface area contributed by atoms with Crippen LogP contribution in [0.1, 0.15) is 31.2 Å². The minimum Gasteiger partial charge on any atom is -0.431 e. The SMILES string of the molecule is C/N=C(/c1ccc(OC(=O)OC2CCCC2)cc1)C(F)(F)C(F)(F)C(F)(F)F. The number of alkyl halides is 7. The van der Waals surface area contributed by atoms with Gasteiger partial charge in [-0.25, -0.2) is 4.79 Å². The fraction of sp³-hybridized carbons (Fsp3) is 0.529. The van der Waals surface area contributed by atoms with Crippen LogP contribution in [0.25, 0.3) is 0 Å². The molecular weight excluding hydrogens is 399 g/mol. The number of benzene rings is 1. The molecule has 0 saturated heterocycles. The number of rotatable bonds is 5. The van der Waals surface area contributed by atoms with Crippen molar-refractivity contribution in [2.75, 3.05) is 7.05 Å². The fourth-order valence-electron chi connectivity index (χ4n) is 2.72. The van der Waals surface area contributed by atoms with Gasteiger partial charge in [0.05, 0.1) is 0 Å². The molecule has 2 rings (SSSR count). The number of hydrogen-bond acceptors (Lipinski definition) is 4. The average molecular weight is 415 g/mol. The first-order valence-corrected chi connectivity index (χ1v) is 8.18. The molecule has 1 fully saturated rings. The maximum absolute atomic E-state index is 13.9. The van der Waals surface area contributed by atoms with Gasteiger partial charge in [-0.05, 0) is 49.9 Å². The summed E-state index contributed by atoms with van der Waals surface area (Å²) in [5.74, 6) is -12.1. The Labute approximate surface area is 155 Å². The number of nitrogens with zero attached hydrogens (tertiary/aromatic N) is 1. The molecule has 0 unspecified atom stereocenters. The van der Waals surface area contributed by atoms with E-state index in [0.29, 0.717) is 19.9 Å². The monoisotopic (exact) mass is 415 g/mol. The highest BCUT2D eigenvalue weighted by Gasteiger charge is 2.74. The van der Waals surface area contributed by atoms with Crippen LogP contribution in [0, 0.1) is 0 Å². The van der Waals surface area contributed by atoms with Crippen molar-refractivity contribution in [3.05, 3.63) is 29.8 Å². The van der Waals surface area contributed by atoms with Crippen molar-refractivity contribution in [3.8, 4) is 5.75 Å². The topological polar surface area (TPSA) is 47.9 Å². The van der Waals surface area contributed by atoms with Crippen molar-refractivity contribution in [3.63, 3.8) is 0 Å². The van der Waals surface area contributed by atoms with Crippen LogP contribution in [0.3, 0.4) is 0 Å². The Morgan fingerprint density at radius 1 is 1.00 bits per heavy atom. The van der Waals surface area contributed by atoms with Crippen LogP contribution < -0.4 is 4.74 Å². The van der Waals surface area contributed by atoms with Gasteiger partial charge in [0.15, 0.2) is 0 Å². The predicted octanol–water partition coefficient (Wildman–Crippen LogP) is 5.40. The van der Waals surface area contributed by atoms with Crippen molar-refractivity contribution >= 4 is 11.9 Å². The van der Waals surface area contributed by atoms with Crippen molar-refractivity contribution in [2.45, 2.75) is 49.8 Å². The minimum absolute atomic E-state index is 0.159. The third-order valence-electron chi connectivity index (χ3n) is 4.17. The first kappa shape index (κ1) is 22.0. The summed E-state index contributed by atoms with van der Waals surface area (Å²) in [5.41, 5.74) is -2.44. The van der Waals surface area contributed by atoms with E-state index in [-0.39, 0.29) is 11.9 Å². The molecule has 4 nitrogen and oxygen atoms in total. The highest BCUT2D eigenvalue weighted by Crippen LogP contribution is 2.48. The number of ether oxygens (including phenoxy) is 2. The first-order chi connectivity index (χ1) is 12.9. The van der Waals surface area contributed by atoms with Gasteiger partial charge in [-0.3, -0.25) is 4.99 Å². The molecule has 1 aliphatic rings. The zero-order valence-corrected chi connectivity index (χ0v) is 14.5. The van der Waals surface area contributed by atoms with E-state index in [2.05, 4.69) is 4.99 Å². The third-order valence-corrected chi connectivity index (χ3v) is 4.17. The van der Waals surface area contributed by atoms with E-state index < -0.39 is 35.5 Å². The van der Waals surface area contributed by atoms with E-state index in [4.69, 9.17) is 9.47 Å². The third kappa shape index (κ3) is 4.39. The van der Waals surface area contributed by atoms with Gasteiger partial charge in [0.25, 0.3) is 0 Å². The van der Waals surface area contributed by atoms with Crippen LogP contribution in [-0.2, 0) is 4.74 Å². The maximum Gasteiger partial charge on any atom is 0.514 e. The predicted molar refractivity (Wildman–Crippen MR) is 84.2 cm³/mol. The molecular formula is C17H16F7NO3. The zero-order valence-electron chi connectivity index (χ0n) is 14.5. The van der Waals surface area contributed by atoms with Crippen molar-refractivity contribution < 1.29 is 45.0 Å². The number of carbonyl (C=O) groups is 1. The molecule has 0 amide bonds. The molecule has 1 aliphatic carbocycles. The average Bonchev–Trinajstić information content (AvgIpc) is 3.08. The van der Waals surface area contributed by atoms with E-state index in [1.165, 1.54) is 0 Å². The van der Waals surface area contributed by atoms with Crippen molar-refractivity contribution in [1.82, 2.24) is 0 Å². The van der Waals surface area contributed by atoms with E-state index >= 15 is 0 Å². The van der Waals surface area contributed by atoms with E-state index in [0.717, 1.165) is 37.1 Å². The number of aliphatic imine (C=N–C) groups is 1. The smallest absolute Gasteiger partial charge is 0.431 e. The van der Waals surface area contributed by atoms with Crippen molar-refractivity contribution in [2.24, 2.45) is 4.99 Å². The normalized spacial score (nSPS) is 16.9. The summed E-state index contributed by atoms with van der Waals surface area (Å²) < 4.78 is 101. The summed E-state index contributed by atoms with van der Waals surface area (Å²) in [6, 6.07) is 3.50. The molecule has 1 saturated carbocycles. The number of hydrogen-bond donors (Lipinski definition) is 0. The van der Waals surface area contributed by atoms with Gasteiger partial charge in [-0.2, -0.15) is 30.7 Å². The Morgan fingerprint density at radius 3 is 2.00 bits per heavy atom. The molecule has 1 aromatic rings. The summed E-state index contributed by atoms with van der Waals surface area (Å²) >= 11 is 0. The number of carbonyl (C=O) groups excluding carboxylic acids is 1. The maximum atomic E-state index is 13.9. The van der Waals surface area contributed by atoms with Gasteiger partial charge in [-0.1, -0.05) is 0 Å². The molecule has 28 heavy (non-hydrogen) atoms. The van der Waals surface area contributed by atoms with E-state index in [1.54, 1.807) is 0 Å². The summed E-state index contributed by atoms with van der Waals surface area (Å²) in [5, 5.41) is 0. The molecule has 11 heteroatoms. The van der Waals surface area contributed by atoms with Crippen LogP contribution in [0.2, 0.25) is 0 Å². The van der Waals surface area contributed by atoms with Crippen LogP contribution in [-0.4, -0.2) is 43.0 Å². The summed E-state index contributed by atoms with van der Waals surface area (Å²) in [6.07, 6.45) is -4.60. The quantitative estimate of drug-likeness (QED) is 0.280. The van der Waals surface area contributed by atoms with Gasteiger partial charge in [-0.15, -0.1) is 0 Å². The Morgan fingerprint density at radius 2 is 1.54 bits per heavy atom. The molecule has 156 valence electrons. The van der Waals surface area contributed by atoms with Crippen LogP contribution in [0.15, 0.2) is 29.3 Å². The molecule has 0 heterocycles. The standard InChI is InChI=1S/C17H16F7NO3/c1-25-13(15(18,19)16(20,21)17(22,23)24)10-6-8-12(9-7-10)28-14(26)27-11-4-2-3-5-11/h6-9,11H,2-5H2,1H3/b25-13-. The second-order valence-electron chi connectivity index (χ2n) is 6.12. The van der Waals surface area contributed by atoms with E-state index in [1.807, 2.05) is 0 Å². The lowest BCUT2D eigenvalue weighted by Crippen LogP contribution is -2.56. The lowest BCUT2D eigenvalue weighted by molar-refractivity contribution is -0.336. The molecule has 0 spiro atoms. The summed E-state index contributed by atoms with van der Waals surface area (Å²) in [6.45, 7) is 0. The van der Waals surface area contributed by atoms with Crippen LogP contribution in [0.5, 0.6) is 5.75 Å². The molecule has 0 aromatic heterocycles. The molecule has 0 N–H and O–H groups in total. The summed E-state index contributed by atoms with van der Waals surface area (Å²) in [4.78, 5) is 14.6. The second kappa shape index (κ2) is 7.96. The van der Waals surface area contributed by atoms with Crippen LogP contribution in [0.4, 0.5) is 35.5 Å². The lowest BCUT2D eigenvalue weighted by Gasteiger charge is -2.29. The Bertz CT molecular complexity index is 723. The van der Waals surface area contributed by atoms with E-state index in [9.17, 15) is 35.5 Å². The molecule has 1 aromatic carbocycles. The van der Waals surface area contributed by atoms with Crippen molar-refractivity contribution in [1.29, 1.82) is 0 Å². The Kier molecular flexibility index (Phi) is 6.24. The van der Waals surface area contributed by atoms with Gasteiger partial charge >= 0.3 is 24.2 Å². The highest BCUT2D eigenvalue weighted by atomic mass is 19.4. The number of halogens is 7. The zero-order chi connectivity index (χ0) is 21.2. The Hall–Kier alpha value is -2.33. The minimum atomic E-state index is -6.47. The molecule has 0 bridgehead atoms. The van der Waals surface area contributed by atoms with Gasteiger partial charge in [0, 0.05) is 12.6 Å². The largest absolute Gasteiger partial charge is 0.514 e. The summed E-state index contributed by atoms with van der Waals surface area (Å²) in [7, 11) is 0.666. The van der Waals surface area contributed by atoms with Gasteiger partial charge in [0.1, 0.15) is 17.6 Å². The van der Waals surface area contributed by atoms with Crippen LogP contribution >= 0.6 is 0 Å². The second-order valence-corrected chi connectivity index (χ2v) is 6.12. The molecule has 0 aliphatic heterocycles. The van der Waals surface area contributed by atoms with Gasteiger partial charge in [0.2, 0.25) is 0 Å². The molecule has 0 atom stereocenters. The van der Waals surface area contributed by atoms with Gasteiger partial charge < -0.3 is 9.47 Å². The Balaban J connectivity index is 2.15. The highest BCUT2D eigenvalue weighted by molar-refractivity contribution is 6.06. The fourth-order valence-corrected chi connectivity index (χ4v) is 2.72. The molecule has 0 radical (unpaired) electrons.